The molecule has 2 heteroatoms. The smallest absolute Gasteiger partial charge is 0.0406 e. The first kappa shape index (κ1) is 12.8. The molecule has 0 atom stereocenters. The fourth-order valence-electron chi connectivity index (χ4n) is 2.66. The summed E-state index contributed by atoms with van der Waals surface area (Å²) in [4.78, 5) is 4.78. The quantitative estimate of drug-likeness (QED) is 0.811. The summed E-state index contributed by atoms with van der Waals surface area (Å²) in [5.74, 6) is 0. The molecule has 102 valence electrons. The first-order valence-electron chi connectivity index (χ1n) is 7.12. The third kappa shape index (κ3) is 2.85. The molecule has 0 saturated heterocycles. The van der Waals surface area contributed by atoms with Gasteiger partial charge >= 0.3 is 0 Å². The topological polar surface area (TPSA) is 6.48 Å². The molecule has 0 aliphatic carbocycles. The highest BCUT2D eigenvalue weighted by molar-refractivity contribution is 5.53. The molecular formula is C18H20N2. The maximum absolute atomic E-state index is 2.44. The van der Waals surface area contributed by atoms with Gasteiger partial charge in [-0.1, -0.05) is 36.4 Å². The minimum atomic E-state index is 0.993. The van der Waals surface area contributed by atoms with Gasteiger partial charge in [0.05, 0.1) is 0 Å². The molecule has 1 aliphatic rings. The number of anilines is 2. The van der Waals surface area contributed by atoms with E-state index in [1.807, 2.05) is 0 Å². The Morgan fingerprint density at radius 1 is 0.750 bits per heavy atom. The van der Waals surface area contributed by atoms with E-state index in [1.165, 1.54) is 16.9 Å². The molecule has 20 heavy (non-hydrogen) atoms. The van der Waals surface area contributed by atoms with E-state index in [0.717, 1.165) is 19.6 Å². The first-order valence-corrected chi connectivity index (χ1v) is 7.12. The normalized spacial score (nSPS) is 15.8. The van der Waals surface area contributed by atoms with Crippen molar-refractivity contribution in [2.24, 2.45) is 0 Å². The first-order chi connectivity index (χ1) is 9.83. The predicted octanol–water partition coefficient (Wildman–Crippen LogP) is 3.92. The Kier molecular flexibility index (Phi) is 3.73. The van der Waals surface area contributed by atoms with Crippen LogP contribution in [0.2, 0.25) is 0 Å². The summed E-state index contributed by atoms with van der Waals surface area (Å²) in [7, 11) is 0. The highest BCUT2D eigenvalue weighted by atomic mass is 15.2. The van der Waals surface area contributed by atoms with Crippen LogP contribution in [0.25, 0.3) is 0 Å². The summed E-state index contributed by atoms with van der Waals surface area (Å²) in [6.07, 6.45) is 2.28. The van der Waals surface area contributed by atoms with E-state index >= 15 is 0 Å². The number of hydrogen-bond donors (Lipinski definition) is 0. The van der Waals surface area contributed by atoms with Gasteiger partial charge in [-0.25, -0.2) is 0 Å². The van der Waals surface area contributed by atoms with E-state index in [1.54, 1.807) is 0 Å². The molecule has 0 saturated carbocycles. The molecule has 0 N–H and O–H groups in total. The number of para-hydroxylation sites is 2. The van der Waals surface area contributed by atoms with Crippen molar-refractivity contribution in [3.8, 4) is 0 Å². The van der Waals surface area contributed by atoms with Crippen LogP contribution in [0, 0.1) is 0 Å². The third-order valence-corrected chi connectivity index (χ3v) is 3.64. The van der Waals surface area contributed by atoms with Crippen molar-refractivity contribution >= 4 is 11.4 Å². The number of hydrogen-bond acceptors (Lipinski definition) is 2. The van der Waals surface area contributed by atoms with Crippen LogP contribution < -0.4 is 9.80 Å². The number of rotatable bonds is 2. The lowest BCUT2D eigenvalue weighted by molar-refractivity contribution is 0.838. The molecule has 0 radical (unpaired) electrons. The van der Waals surface area contributed by atoms with Crippen LogP contribution >= 0.6 is 0 Å². The molecule has 0 fully saturated rings. The summed E-state index contributed by atoms with van der Waals surface area (Å²) in [6.45, 7) is 5.24. The number of nitrogens with zero attached hydrogens (tertiary/aromatic N) is 2. The van der Waals surface area contributed by atoms with Crippen molar-refractivity contribution in [3.63, 3.8) is 0 Å². The Bertz CT molecular complexity index is 575. The second kappa shape index (κ2) is 5.83. The fourth-order valence-corrected chi connectivity index (χ4v) is 2.66. The molecular weight excluding hydrogens is 244 g/mol. The van der Waals surface area contributed by atoms with Crippen LogP contribution in [-0.2, 0) is 0 Å². The second-order valence-electron chi connectivity index (χ2n) is 5.26. The molecule has 1 aliphatic heterocycles. The highest BCUT2D eigenvalue weighted by Gasteiger charge is 2.14. The minimum Gasteiger partial charge on any atom is -0.366 e. The Hall–Kier alpha value is -2.22. The van der Waals surface area contributed by atoms with Crippen molar-refractivity contribution in [3.05, 3.63) is 72.4 Å². The number of benzene rings is 2. The lowest BCUT2D eigenvalue weighted by atomic mass is 10.2. The van der Waals surface area contributed by atoms with Crippen molar-refractivity contribution in [1.29, 1.82) is 0 Å². The molecule has 2 aromatic rings. The van der Waals surface area contributed by atoms with Gasteiger partial charge in [0.15, 0.2) is 0 Å². The van der Waals surface area contributed by atoms with Gasteiger partial charge in [0.25, 0.3) is 0 Å². The Morgan fingerprint density at radius 2 is 1.35 bits per heavy atom. The molecule has 0 spiro atoms. The van der Waals surface area contributed by atoms with Crippen molar-refractivity contribution < 1.29 is 0 Å². The Balaban J connectivity index is 1.80. The van der Waals surface area contributed by atoms with E-state index in [4.69, 9.17) is 0 Å². The zero-order chi connectivity index (χ0) is 13.8. The van der Waals surface area contributed by atoms with Crippen molar-refractivity contribution in [2.45, 2.75) is 6.92 Å². The molecule has 0 unspecified atom stereocenters. The predicted molar refractivity (Wildman–Crippen MR) is 86.2 cm³/mol. The molecule has 0 amide bonds. The highest BCUT2D eigenvalue weighted by Crippen LogP contribution is 2.21. The third-order valence-electron chi connectivity index (χ3n) is 3.64. The standard InChI is InChI=1S/C18H20N2/c1-16-14-19(17-8-4-2-5-9-17)12-13-20(15-16)18-10-6-3-7-11-18/h2-11,14H,12-13,15H2,1H3. The van der Waals surface area contributed by atoms with Crippen LogP contribution in [0.5, 0.6) is 0 Å². The van der Waals surface area contributed by atoms with Gasteiger partial charge < -0.3 is 9.80 Å². The zero-order valence-corrected chi connectivity index (χ0v) is 11.9. The van der Waals surface area contributed by atoms with Crippen LogP contribution in [0.1, 0.15) is 6.92 Å². The van der Waals surface area contributed by atoms with Crippen LogP contribution in [-0.4, -0.2) is 19.6 Å². The minimum absolute atomic E-state index is 0.993. The van der Waals surface area contributed by atoms with Crippen molar-refractivity contribution in [1.82, 2.24) is 0 Å². The van der Waals surface area contributed by atoms with Gasteiger partial charge in [0, 0.05) is 37.2 Å². The van der Waals surface area contributed by atoms with Gasteiger partial charge in [0.2, 0.25) is 0 Å². The van der Waals surface area contributed by atoms with Crippen LogP contribution in [0.3, 0.4) is 0 Å². The average Bonchev–Trinajstić information content (AvgIpc) is 2.71. The maximum Gasteiger partial charge on any atom is 0.0406 e. The molecule has 1 heterocycles. The summed E-state index contributed by atoms with van der Waals surface area (Å²) in [6, 6.07) is 21.2. The van der Waals surface area contributed by atoms with E-state index in [2.05, 4.69) is 83.6 Å². The van der Waals surface area contributed by atoms with Gasteiger partial charge in [0.1, 0.15) is 0 Å². The molecule has 2 aromatic carbocycles. The Morgan fingerprint density at radius 3 is 2.00 bits per heavy atom. The van der Waals surface area contributed by atoms with E-state index in [-0.39, 0.29) is 0 Å². The fraction of sp³-hybridized carbons (Fsp3) is 0.222. The van der Waals surface area contributed by atoms with Crippen LogP contribution in [0.15, 0.2) is 72.4 Å². The Labute approximate surface area is 121 Å². The maximum atomic E-state index is 2.44. The molecule has 3 rings (SSSR count). The lowest BCUT2D eigenvalue weighted by Gasteiger charge is -2.24. The van der Waals surface area contributed by atoms with Gasteiger partial charge in [-0.2, -0.15) is 0 Å². The molecule has 0 aromatic heterocycles. The summed E-state index contributed by atoms with van der Waals surface area (Å²) in [5.41, 5.74) is 3.95. The largest absolute Gasteiger partial charge is 0.366 e. The lowest BCUT2D eigenvalue weighted by Crippen LogP contribution is -2.30. The van der Waals surface area contributed by atoms with Gasteiger partial charge in [-0.15, -0.1) is 0 Å². The summed E-state index contributed by atoms with van der Waals surface area (Å²) >= 11 is 0. The van der Waals surface area contributed by atoms with Gasteiger partial charge in [-0.05, 0) is 36.8 Å². The van der Waals surface area contributed by atoms with Crippen LogP contribution in [0.4, 0.5) is 11.4 Å². The van der Waals surface area contributed by atoms with Gasteiger partial charge in [-0.3, -0.25) is 0 Å². The van der Waals surface area contributed by atoms with E-state index in [0.29, 0.717) is 0 Å². The van der Waals surface area contributed by atoms with E-state index < -0.39 is 0 Å². The summed E-state index contributed by atoms with van der Waals surface area (Å²) < 4.78 is 0. The van der Waals surface area contributed by atoms with E-state index in [9.17, 15) is 0 Å². The second-order valence-corrected chi connectivity index (χ2v) is 5.26. The zero-order valence-electron chi connectivity index (χ0n) is 11.9. The monoisotopic (exact) mass is 264 g/mol. The summed E-state index contributed by atoms with van der Waals surface area (Å²) in [5, 5.41) is 0. The average molecular weight is 264 g/mol. The van der Waals surface area contributed by atoms with Crippen molar-refractivity contribution in [2.75, 3.05) is 29.4 Å². The molecule has 2 nitrogen and oxygen atoms in total. The molecule has 0 bridgehead atoms. The SMILES string of the molecule is CC1=CN(c2ccccc2)CCN(c2ccccc2)C1.